The second-order valence-electron chi connectivity index (χ2n) is 6.00. The van der Waals surface area contributed by atoms with Gasteiger partial charge in [0.1, 0.15) is 12.4 Å². The van der Waals surface area contributed by atoms with Crippen LogP contribution in [0.2, 0.25) is 0 Å². The third-order valence-electron chi connectivity index (χ3n) is 3.45. The summed E-state index contributed by atoms with van der Waals surface area (Å²) < 4.78 is 5.75. The first-order valence-electron chi connectivity index (χ1n) is 8.82. The first-order chi connectivity index (χ1) is 10.7. The molecule has 0 saturated heterocycles. The molecule has 0 heterocycles. The van der Waals surface area contributed by atoms with E-state index in [1.807, 2.05) is 11.8 Å². The van der Waals surface area contributed by atoms with E-state index in [1.165, 1.54) is 43.4 Å². The molecule has 0 aliphatic rings. The van der Waals surface area contributed by atoms with E-state index in [2.05, 4.69) is 50.4 Å². The third kappa shape index (κ3) is 10.1. The van der Waals surface area contributed by atoms with Crippen molar-refractivity contribution in [1.82, 2.24) is 5.32 Å². The molecular formula is C19H33NOS. The Labute approximate surface area is 141 Å². The van der Waals surface area contributed by atoms with Crippen LogP contribution in [-0.4, -0.2) is 24.9 Å². The monoisotopic (exact) mass is 323 g/mol. The molecule has 0 aliphatic heterocycles. The van der Waals surface area contributed by atoms with Crippen LogP contribution in [0.4, 0.5) is 0 Å². The van der Waals surface area contributed by atoms with Gasteiger partial charge in [-0.2, -0.15) is 0 Å². The van der Waals surface area contributed by atoms with Crippen LogP contribution < -0.4 is 10.1 Å². The summed E-state index contributed by atoms with van der Waals surface area (Å²) in [5.41, 5.74) is 0. The fourth-order valence-electron chi connectivity index (χ4n) is 2.28. The van der Waals surface area contributed by atoms with Crippen LogP contribution in [0.5, 0.6) is 5.75 Å². The fraction of sp³-hybridized carbons (Fsp3) is 0.684. The smallest absolute Gasteiger partial charge is 0.119 e. The summed E-state index contributed by atoms with van der Waals surface area (Å²) in [6, 6.07) is 8.42. The van der Waals surface area contributed by atoms with Crippen molar-refractivity contribution in [3.05, 3.63) is 24.3 Å². The van der Waals surface area contributed by atoms with Gasteiger partial charge in [-0.15, -0.1) is 11.8 Å². The van der Waals surface area contributed by atoms with Crippen molar-refractivity contribution in [1.29, 1.82) is 0 Å². The summed E-state index contributed by atoms with van der Waals surface area (Å²) in [7, 11) is 0. The molecule has 1 aromatic carbocycles. The zero-order valence-corrected chi connectivity index (χ0v) is 15.4. The number of hydrogen-bond acceptors (Lipinski definition) is 3. The van der Waals surface area contributed by atoms with E-state index >= 15 is 0 Å². The molecule has 0 aliphatic carbocycles. The largest absolute Gasteiger partial charge is 0.492 e. The van der Waals surface area contributed by atoms with Crippen molar-refractivity contribution >= 4 is 11.8 Å². The van der Waals surface area contributed by atoms with Crippen LogP contribution in [0, 0.1) is 0 Å². The van der Waals surface area contributed by atoms with Gasteiger partial charge in [-0.1, -0.05) is 52.9 Å². The molecule has 1 rings (SSSR count). The topological polar surface area (TPSA) is 21.3 Å². The number of benzene rings is 1. The Kier molecular flexibility index (Phi) is 11.3. The molecule has 22 heavy (non-hydrogen) atoms. The van der Waals surface area contributed by atoms with Gasteiger partial charge in [0.2, 0.25) is 0 Å². The van der Waals surface area contributed by atoms with Gasteiger partial charge in [-0.3, -0.25) is 0 Å². The molecule has 126 valence electrons. The molecule has 0 bridgehead atoms. The summed E-state index contributed by atoms with van der Waals surface area (Å²) >= 11 is 1.88. The summed E-state index contributed by atoms with van der Waals surface area (Å²) in [6.45, 7) is 9.47. The lowest BCUT2D eigenvalue weighted by atomic mass is 10.1. The second-order valence-corrected chi connectivity index (χ2v) is 7.65. The Bertz CT molecular complexity index is 364. The van der Waals surface area contributed by atoms with Gasteiger partial charge >= 0.3 is 0 Å². The summed E-state index contributed by atoms with van der Waals surface area (Å²) in [5, 5.41) is 4.08. The van der Waals surface area contributed by atoms with Gasteiger partial charge in [0.15, 0.2) is 0 Å². The minimum absolute atomic E-state index is 0.623. The van der Waals surface area contributed by atoms with Crippen LogP contribution in [0.1, 0.15) is 59.3 Å². The van der Waals surface area contributed by atoms with Crippen molar-refractivity contribution in [3.63, 3.8) is 0 Å². The molecule has 0 radical (unpaired) electrons. The van der Waals surface area contributed by atoms with Gasteiger partial charge in [0, 0.05) is 16.7 Å². The van der Waals surface area contributed by atoms with Gasteiger partial charge in [0.25, 0.3) is 0 Å². The number of ether oxygens (including phenoxy) is 1. The molecule has 0 aromatic heterocycles. The molecular weight excluding hydrogens is 290 g/mol. The first-order valence-corrected chi connectivity index (χ1v) is 9.70. The Hall–Kier alpha value is -0.670. The average molecular weight is 324 g/mol. The predicted octanol–water partition coefficient (Wildman–Crippen LogP) is 5.52. The van der Waals surface area contributed by atoms with Crippen molar-refractivity contribution in [2.24, 2.45) is 0 Å². The fourth-order valence-corrected chi connectivity index (χ4v) is 3.12. The molecule has 0 amide bonds. The first kappa shape index (κ1) is 19.4. The zero-order valence-electron chi connectivity index (χ0n) is 14.6. The van der Waals surface area contributed by atoms with Crippen LogP contribution in [0.15, 0.2) is 29.2 Å². The second kappa shape index (κ2) is 12.8. The number of hydrogen-bond donors (Lipinski definition) is 1. The van der Waals surface area contributed by atoms with Crippen molar-refractivity contribution < 1.29 is 4.74 Å². The lowest BCUT2D eigenvalue weighted by Crippen LogP contribution is -2.22. The van der Waals surface area contributed by atoms with E-state index in [1.54, 1.807) is 0 Å². The van der Waals surface area contributed by atoms with E-state index in [0.717, 1.165) is 25.4 Å². The third-order valence-corrected chi connectivity index (χ3v) is 4.47. The van der Waals surface area contributed by atoms with Crippen molar-refractivity contribution in [2.75, 3.05) is 19.7 Å². The SMILES string of the molecule is CCCCCCCCNCCOc1ccc(SC(C)C)cc1. The molecule has 0 spiro atoms. The molecule has 1 N–H and O–H groups in total. The van der Waals surface area contributed by atoms with E-state index in [-0.39, 0.29) is 0 Å². The molecule has 3 heteroatoms. The van der Waals surface area contributed by atoms with Crippen LogP contribution in [0.3, 0.4) is 0 Å². The Morgan fingerprint density at radius 1 is 0.955 bits per heavy atom. The van der Waals surface area contributed by atoms with Crippen molar-refractivity contribution in [3.8, 4) is 5.75 Å². The molecule has 0 unspecified atom stereocenters. The molecule has 0 saturated carbocycles. The summed E-state index contributed by atoms with van der Waals surface area (Å²) in [6.07, 6.45) is 8.12. The summed E-state index contributed by atoms with van der Waals surface area (Å²) in [4.78, 5) is 1.31. The van der Waals surface area contributed by atoms with E-state index < -0.39 is 0 Å². The maximum Gasteiger partial charge on any atom is 0.119 e. The molecule has 0 fully saturated rings. The average Bonchev–Trinajstić information content (AvgIpc) is 2.50. The van der Waals surface area contributed by atoms with Gasteiger partial charge in [-0.25, -0.2) is 0 Å². The molecule has 2 nitrogen and oxygen atoms in total. The highest BCUT2D eigenvalue weighted by Crippen LogP contribution is 2.24. The summed E-state index contributed by atoms with van der Waals surface area (Å²) in [5.74, 6) is 0.967. The maximum absolute atomic E-state index is 5.75. The number of rotatable bonds is 13. The number of unbranched alkanes of at least 4 members (excludes halogenated alkanes) is 5. The highest BCUT2D eigenvalue weighted by Gasteiger charge is 1.99. The Balaban J connectivity index is 1.98. The predicted molar refractivity (Wildman–Crippen MR) is 99.2 cm³/mol. The lowest BCUT2D eigenvalue weighted by molar-refractivity contribution is 0.313. The van der Waals surface area contributed by atoms with Gasteiger partial charge in [0.05, 0.1) is 0 Å². The minimum atomic E-state index is 0.623. The van der Waals surface area contributed by atoms with Gasteiger partial charge < -0.3 is 10.1 Å². The van der Waals surface area contributed by atoms with Crippen molar-refractivity contribution in [2.45, 2.75) is 69.4 Å². The minimum Gasteiger partial charge on any atom is -0.492 e. The highest BCUT2D eigenvalue weighted by molar-refractivity contribution is 7.99. The van der Waals surface area contributed by atoms with Gasteiger partial charge in [-0.05, 0) is 37.2 Å². The van der Waals surface area contributed by atoms with E-state index in [0.29, 0.717) is 5.25 Å². The quantitative estimate of drug-likeness (QED) is 0.382. The Morgan fingerprint density at radius 2 is 1.64 bits per heavy atom. The van der Waals surface area contributed by atoms with Crippen LogP contribution in [0.25, 0.3) is 0 Å². The number of thioether (sulfide) groups is 1. The zero-order chi connectivity index (χ0) is 16.0. The van der Waals surface area contributed by atoms with E-state index in [4.69, 9.17) is 4.74 Å². The normalized spacial score (nSPS) is 11.1. The molecule has 0 atom stereocenters. The maximum atomic E-state index is 5.75. The highest BCUT2D eigenvalue weighted by atomic mass is 32.2. The van der Waals surface area contributed by atoms with Crippen LogP contribution in [-0.2, 0) is 0 Å². The van der Waals surface area contributed by atoms with E-state index in [9.17, 15) is 0 Å². The lowest BCUT2D eigenvalue weighted by Gasteiger charge is -2.09. The van der Waals surface area contributed by atoms with Crippen LogP contribution >= 0.6 is 11.8 Å². The Morgan fingerprint density at radius 3 is 2.32 bits per heavy atom. The standard InChI is InChI=1S/C19H33NOS/c1-4-5-6-7-8-9-14-20-15-16-21-18-10-12-19(13-11-18)22-17(2)3/h10-13,17,20H,4-9,14-16H2,1-3H3. The number of nitrogens with one attached hydrogen (secondary N) is 1. The molecule has 1 aromatic rings.